The lowest BCUT2D eigenvalue weighted by Crippen LogP contribution is -2.23. The average molecular weight is 317 g/mol. The summed E-state index contributed by atoms with van der Waals surface area (Å²) in [5.41, 5.74) is 6.68. The molecule has 0 atom stereocenters. The van der Waals surface area contributed by atoms with E-state index in [4.69, 9.17) is 19.7 Å². The number of anilines is 1. The van der Waals surface area contributed by atoms with Crippen molar-refractivity contribution >= 4 is 11.6 Å². The average Bonchev–Trinajstić information content (AvgIpc) is 2.81. The second-order valence-electron chi connectivity index (χ2n) is 5.09. The van der Waals surface area contributed by atoms with Crippen molar-refractivity contribution in [2.75, 3.05) is 25.1 Å². The van der Waals surface area contributed by atoms with Gasteiger partial charge in [-0.15, -0.1) is 0 Å². The summed E-state index contributed by atoms with van der Waals surface area (Å²) < 4.78 is 16.2. The van der Waals surface area contributed by atoms with Gasteiger partial charge in [0, 0.05) is 24.6 Å². The van der Waals surface area contributed by atoms with E-state index in [0.29, 0.717) is 49.6 Å². The summed E-state index contributed by atoms with van der Waals surface area (Å²) in [6, 6.07) is 5.58. The predicted molar refractivity (Wildman–Crippen MR) is 84.9 cm³/mol. The number of fused-ring (bicyclic) bond motifs is 1. The van der Waals surface area contributed by atoms with Gasteiger partial charge in [-0.05, 0) is 19.1 Å². The lowest BCUT2D eigenvalue weighted by molar-refractivity contribution is 0.297. The SMILES string of the molecule is Cc1noc(CCN=C(N)Nc2ccc3c(c2)OCCCO3)n1. The lowest BCUT2D eigenvalue weighted by Gasteiger charge is -2.10. The minimum Gasteiger partial charge on any atom is -0.490 e. The van der Waals surface area contributed by atoms with E-state index in [0.717, 1.165) is 17.9 Å². The molecular formula is C15H19N5O3. The maximum atomic E-state index is 5.88. The highest BCUT2D eigenvalue weighted by atomic mass is 16.5. The van der Waals surface area contributed by atoms with Gasteiger partial charge in [0.25, 0.3) is 0 Å². The van der Waals surface area contributed by atoms with Gasteiger partial charge in [-0.25, -0.2) is 0 Å². The number of ether oxygens (including phenoxy) is 2. The molecule has 1 aliphatic heterocycles. The van der Waals surface area contributed by atoms with Gasteiger partial charge in [-0.1, -0.05) is 5.16 Å². The zero-order valence-corrected chi connectivity index (χ0v) is 12.9. The van der Waals surface area contributed by atoms with Crippen LogP contribution in [0, 0.1) is 6.92 Å². The maximum absolute atomic E-state index is 5.88. The molecule has 0 saturated heterocycles. The maximum Gasteiger partial charge on any atom is 0.228 e. The van der Waals surface area contributed by atoms with Crippen molar-refractivity contribution in [3.8, 4) is 11.5 Å². The fourth-order valence-corrected chi connectivity index (χ4v) is 2.14. The Bertz CT molecular complexity index is 698. The first-order valence-electron chi connectivity index (χ1n) is 7.46. The summed E-state index contributed by atoms with van der Waals surface area (Å²) in [7, 11) is 0. The summed E-state index contributed by atoms with van der Waals surface area (Å²) in [6.45, 7) is 3.55. The van der Waals surface area contributed by atoms with Gasteiger partial charge in [0.15, 0.2) is 23.3 Å². The minimum absolute atomic E-state index is 0.315. The highest BCUT2D eigenvalue weighted by molar-refractivity contribution is 5.92. The van der Waals surface area contributed by atoms with Crippen molar-refractivity contribution < 1.29 is 14.0 Å². The predicted octanol–water partition coefficient (Wildman–Crippen LogP) is 1.51. The van der Waals surface area contributed by atoms with Gasteiger partial charge < -0.3 is 25.0 Å². The number of aryl methyl sites for hydroxylation is 1. The van der Waals surface area contributed by atoms with Gasteiger partial charge in [0.05, 0.1) is 19.8 Å². The van der Waals surface area contributed by atoms with Crippen LogP contribution in [0.25, 0.3) is 0 Å². The highest BCUT2D eigenvalue weighted by Gasteiger charge is 2.10. The third-order valence-electron chi connectivity index (χ3n) is 3.20. The molecule has 0 aliphatic carbocycles. The summed E-state index contributed by atoms with van der Waals surface area (Å²) in [6.07, 6.45) is 1.42. The van der Waals surface area contributed by atoms with Crippen LogP contribution in [-0.4, -0.2) is 35.9 Å². The minimum atomic E-state index is 0.315. The molecule has 0 fully saturated rings. The molecule has 23 heavy (non-hydrogen) atoms. The number of hydrogen-bond donors (Lipinski definition) is 2. The fraction of sp³-hybridized carbons (Fsp3) is 0.400. The highest BCUT2D eigenvalue weighted by Crippen LogP contribution is 2.32. The van der Waals surface area contributed by atoms with E-state index >= 15 is 0 Å². The Labute approximate surface area is 133 Å². The van der Waals surface area contributed by atoms with Crippen LogP contribution in [0.15, 0.2) is 27.7 Å². The Balaban J connectivity index is 1.57. The molecular weight excluding hydrogens is 298 g/mol. The molecule has 2 aromatic rings. The van der Waals surface area contributed by atoms with Crippen LogP contribution < -0.4 is 20.5 Å². The van der Waals surface area contributed by atoms with Crippen molar-refractivity contribution in [1.82, 2.24) is 10.1 Å². The van der Waals surface area contributed by atoms with E-state index in [2.05, 4.69) is 20.4 Å². The molecule has 8 heteroatoms. The number of nitrogens with one attached hydrogen (secondary N) is 1. The van der Waals surface area contributed by atoms with Crippen LogP contribution in [0.3, 0.4) is 0 Å². The smallest absolute Gasteiger partial charge is 0.228 e. The van der Waals surface area contributed by atoms with Gasteiger partial charge in [0.2, 0.25) is 5.89 Å². The van der Waals surface area contributed by atoms with E-state index in [1.165, 1.54) is 0 Å². The quantitative estimate of drug-likeness (QED) is 0.650. The van der Waals surface area contributed by atoms with Crippen LogP contribution in [0.5, 0.6) is 11.5 Å². The Morgan fingerprint density at radius 2 is 2.13 bits per heavy atom. The van der Waals surface area contributed by atoms with Crippen LogP contribution >= 0.6 is 0 Å². The number of guanidine groups is 1. The number of aliphatic imine (C=N–C) groups is 1. The number of rotatable bonds is 4. The molecule has 0 amide bonds. The normalized spacial score (nSPS) is 14.4. The molecule has 0 bridgehead atoms. The standard InChI is InChI=1S/C15H19N5O3/c1-10-18-14(23-20-10)5-6-17-15(16)19-11-3-4-12-13(9-11)22-8-2-7-21-12/h3-4,9H,2,5-8H2,1H3,(H3,16,17,19). The Kier molecular flexibility index (Phi) is 4.60. The zero-order valence-electron chi connectivity index (χ0n) is 12.9. The summed E-state index contributed by atoms with van der Waals surface area (Å²) in [4.78, 5) is 8.35. The molecule has 0 spiro atoms. The third kappa shape index (κ3) is 4.12. The molecule has 1 aliphatic rings. The molecule has 0 radical (unpaired) electrons. The number of nitrogens with two attached hydrogens (primary N) is 1. The van der Waals surface area contributed by atoms with Gasteiger partial charge in [-0.3, -0.25) is 4.99 Å². The largest absolute Gasteiger partial charge is 0.490 e. The van der Waals surface area contributed by atoms with Crippen molar-refractivity contribution in [3.05, 3.63) is 29.9 Å². The third-order valence-corrected chi connectivity index (χ3v) is 3.20. The molecule has 3 N–H and O–H groups in total. The molecule has 1 aromatic heterocycles. The molecule has 3 rings (SSSR count). The van der Waals surface area contributed by atoms with Crippen molar-refractivity contribution in [2.24, 2.45) is 10.7 Å². The van der Waals surface area contributed by atoms with E-state index in [1.54, 1.807) is 6.92 Å². The number of hydrogen-bond acceptors (Lipinski definition) is 6. The second kappa shape index (κ2) is 6.99. The van der Waals surface area contributed by atoms with Gasteiger partial charge in [0.1, 0.15) is 0 Å². The Morgan fingerprint density at radius 1 is 1.30 bits per heavy atom. The summed E-state index contributed by atoms with van der Waals surface area (Å²) in [5, 5.41) is 6.75. The molecule has 1 aromatic carbocycles. The first-order valence-corrected chi connectivity index (χ1v) is 7.46. The van der Waals surface area contributed by atoms with Crippen LogP contribution in [0.4, 0.5) is 5.69 Å². The first kappa shape index (κ1) is 15.1. The summed E-state index contributed by atoms with van der Waals surface area (Å²) >= 11 is 0. The van der Waals surface area contributed by atoms with E-state index in [1.807, 2.05) is 18.2 Å². The topological polar surface area (TPSA) is 108 Å². The van der Waals surface area contributed by atoms with E-state index in [-0.39, 0.29) is 0 Å². The first-order chi connectivity index (χ1) is 11.2. The molecule has 0 unspecified atom stereocenters. The molecule has 8 nitrogen and oxygen atoms in total. The van der Waals surface area contributed by atoms with E-state index in [9.17, 15) is 0 Å². The Hall–Kier alpha value is -2.77. The molecule has 0 saturated carbocycles. The van der Waals surface area contributed by atoms with Crippen LogP contribution in [0.1, 0.15) is 18.1 Å². The number of aromatic nitrogens is 2. The summed E-state index contributed by atoms with van der Waals surface area (Å²) in [5.74, 6) is 2.93. The fourth-order valence-electron chi connectivity index (χ4n) is 2.14. The van der Waals surface area contributed by atoms with Crippen molar-refractivity contribution in [3.63, 3.8) is 0 Å². The molecule has 2 heterocycles. The molecule has 122 valence electrons. The monoisotopic (exact) mass is 317 g/mol. The second-order valence-corrected chi connectivity index (χ2v) is 5.09. The van der Waals surface area contributed by atoms with Crippen LogP contribution in [0.2, 0.25) is 0 Å². The number of nitrogens with zero attached hydrogens (tertiary/aromatic N) is 3. The van der Waals surface area contributed by atoms with Gasteiger partial charge >= 0.3 is 0 Å². The lowest BCUT2D eigenvalue weighted by atomic mass is 10.3. The van der Waals surface area contributed by atoms with Crippen LogP contribution in [-0.2, 0) is 6.42 Å². The number of benzene rings is 1. The van der Waals surface area contributed by atoms with E-state index < -0.39 is 0 Å². The zero-order chi connectivity index (χ0) is 16.1. The Morgan fingerprint density at radius 3 is 2.91 bits per heavy atom. The van der Waals surface area contributed by atoms with Crippen molar-refractivity contribution in [2.45, 2.75) is 19.8 Å². The van der Waals surface area contributed by atoms with Gasteiger partial charge in [-0.2, -0.15) is 4.98 Å². The van der Waals surface area contributed by atoms with Crippen molar-refractivity contribution in [1.29, 1.82) is 0 Å².